The van der Waals surface area contributed by atoms with Crippen molar-refractivity contribution in [3.63, 3.8) is 0 Å². The van der Waals surface area contributed by atoms with Crippen LogP contribution < -0.4 is 5.73 Å². The van der Waals surface area contributed by atoms with Crippen LogP contribution in [0.25, 0.3) is 5.57 Å². The van der Waals surface area contributed by atoms with Crippen LogP contribution in [0.5, 0.6) is 0 Å². The zero-order valence-corrected chi connectivity index (χ0v) is 6.70. The van der Waals surface area contributed by atoms with Gasteiger partial charge in [-0.3, -0.25) is 4.99 Å². The SMILES string of the molecule is NC1=NCC=C1c1ccccc1. The summed E-state index contributed by atoms with van der Waals surface area (Å²) < 4.78 is 0. The first-order valence-corrected chi connectivity index (χ1v) is 3.94. The number of aliphatic imine (C=N–C) groups is 1. The summed E-state index contributed by atoms with van der Waals surface area (Å²) in [6.45, 7) is 0.718. The number of hydrogen-bond acceptors (Lipinski definition) is 2. The lowest BCUT2D eigenvalue weighted by molar-refractivity contribution is 1.27. The molecule has 0 fully saturated rings. The Morgan fingerprint density at radius 2 is 1.92 bits per heavy atom. The van der Waals surface area contributed by atoms with Crippen molar-refractivity contribution in [3.8, 4) is 0 Å². The summed E-state index contributed by atoms with van der Waals surface area (Å²) in [4.78, 5) is 4.10. The van der Waals surface area contributed by atoms with E-state index in [4.69, 9.17) is 5.73 Å². The van der Waals surface area contributed by atoms with Gasteiger partial charge in [0.1, 0.15) is 5.84 Å². The smallest absolute Gasteiger partial charge is 0.126 e. The highest BCUT2D eigenvalue weighted by molar-refractivity contribution is 6.23. The third-order valence-electron chi connectivity index (χ3n) is 1.92. The number of nitrogens with zero attached hydrogens (tertiary/aromatic N) is 1. The van der Waals surface area contributed by atoms with E-state index >= 15 is 0 Å². The van der Waals surface area contributed by atoms with Crippen LogP contribution in [0.3, 0.4) is 0 Å². The molecule has 0 saturated heterocycles. The molecule has 12 heavy (non-hydrogen) atoms. The lowest BCUT2D eigenvalue weighted by atomic mass is 10.1. The standard InChI is InChI=1S/C10H10N2/c11-10-9(6-7-12-10)8-4-2-1-3-5-8/h1-6H,7H2,(H2,11,12). The largest absolute Gasteiger partial charge is 0.383 e. The van der Waals surface area contributed by atoms with Gasteiger partial charge < -0.3 is 5.73 Å². The predicted octanol–water partition coefficient (Wildman–Crippen LogP) is 1.44. The van der Waals surface area contributed by atoms with Crippen LogP contribution >= 0.6 is 0 Å². The quantitative estimate of drug-likeness (QED) is 0.659. The van der Waals surface area contributed by atoms with Crippen LogP contribution in [0.15, 0.2) is 41.4 Å². The molecule has 0 spiro atoms. The molecule has 1 aromatic rings. The van der Waals surface area contributed by atoms with Crippen molar-refractivity contribution in [1.82, 2.24) is 0 Å². The Balaban J connectivity index is 2.39. The van der Waals surface area contributed by atoms with Gasteiger partial charge in [0.25, 0.3) is 0 Å². The maximum absolute atomic E-state index is 5.69. The van der Waals surface area contributed by atoms with Gasteiger partial charge in [-0.25, -0.2) is 0 Å². The van der Waals surface area contributed by atoms with Gasteiger partial charge in [-0.1, -0.05) is 36.4 Å². The molecule has 60 valence electrons. The third kappa shape index (κ3) is 1.11. The molecule has 0 amide bonds. The van der Waals surface area contributed by atoms with Crippen molar-refractivity contribution in [2.45, 2.75) is 0 Å². The summed E-state index contributed by atoms with van der Waals surface area (Å²) in [6.07, 6.45) is 2.05. The van der Waals surface area contributed by atoms with Gasteiger partial charge in [0.2, 0.25) is 0 Å². The molecule has 0 saturated carbocycles. The van der Waals surface area contributed by atoms with Crippen LogP contribution in [0.1, 0.15) is 5.56 Å². The molecule has 2 rings (SSSR count). The first-order chi connectivity index (χ1) is 5.88. The monoisotopic (exact) mass is 158 g/mol. The lowest BCUT2D eigenvalue weighted by Gasteiger charge is -2.00. The van der Waals surface area contributed by atoms with Crippen molar-refractivity contribution in [2.24, 2.45) is 10.7 Å². The number of hydrogen-bond donors (Lipinski definition) is 1. The number of amidine groups is 1. The maximum atomic E-state index is 5.69. The van der Waals surface area contributed by atoms with E-state index in [1.54, 1.807) is 0 Å². The second-order valence-corrected chi connectivity index (χ2v) is 2.71. The summed E-state index contributed by atoms with van der Waals surface area (Å²) in [5, 5.41) is 0. The Bertz CT molecular complexity index is 336. The predicted molar refractivity (Wildman–Crippen MR) is 50.9 cm³/mol. The normalized spacial score (nSPS) is 15.7. The Morgan fingerprint density at radius 1 is 1.17 bits per heavy atom. The minimum atomic E-state index is 0.654. The van der Waals surface area contributed by atoms with Gasteiger partial charge in [-0.2, -0.15) is 0 Å². The Labute approximate surface area is 71.4 Å². The number of nitrogens with two attached hydrogens (primary N) is 1. The molecule has 0 radical (unpaired) electrons. The molecule has 2 heteroatoms. The van der Waals surface area contributed by atoms with Crippen LogP contribution in [0.2, 0.25) is 0 Å². The van der Waals surface area contributed by atoms with E-state index in [9.17, 15) is 0 Å². The Morgan fingerprint density at radius 3 is 2.50 bits per heavy atom. The van der Waals surface area contributed by atoms with E-state index in [0.29, 0.717) is 5.84 Å². The first kappa shape index (κ1) is 7.10. The lowest BCUT2D eigenvalue weighted by Crippen LogP contribution is -2.10. The summed E-state index contributed by atoms with van der Waals surface area (Å²) in [5.74, 6) is 0.654. The van der Waals surface area contributed by atoms with Crippen LogP contribution in [0, 0.1) is 0 Å². The second-order valence-electron chi connectivity index (χ2n) is 2.71. The van der Waals surface area contributed by atoms with Gasteiger partial charge in [-0.05, 0) is 5.56 Å². The summed E-state index contributed by atoms with van der Waals surface area (Å²) in [5.41, 5.74) is 7.91. The molecule has 0 unspecified atom stereocenters. The maximum Gasteiger partial charge on any atom is 0.126 e. The zero-order chi connectivity index (χ0) is 8.39. The summed E-state index contributed by atoms with van der Waals surface area (Å²) in [7, 11) is 0. The van der Waals surface area contributed by atoms with Crippen molar-refractivity contribution in [1.29, 1.82) is 0 Å². The van der Waals surface area contributed by atoms with Crippen LogP contribution in [-0.2, 0) is 0 Å². The van der Waals surface area contributed by atoms with Crippen molar-refractivity contribution < 1.29 is 0 Å². The van der Waals surface area contributed by atoms with E-state index in [1.807, 2.05) is 36.4 Å². The summed E-state index contributed by atoms with van der Waals surface area (Å²) in [6, 6.07) is 10.1. The van der Waals surface area contributed by atoms with Crippen LogP contribution in [-0.4, -0.2) is 12.4 Å². The molecule has 1 aliphatic rings. The van der Waals surface area contributed by atoms with E-state index < -0.39 is 0 Å². The minimum absolute atomic E-state index is 0.654. The molecule has 1 aliphatic heterocycles. The second kappa shape index (κ2) is 2.81. The molecule has 0 aromatic heterocycles. The number of benzene rings is 1. The molecule has 0 bridgehead atoms. The fourth-order valence-corrected chi connectivity index (χ4v) is 1.31. The highest BCUT2D eigenvalue weighted by Crippen LogP contribution is 2.17. The van der Waals surface area contributed by atoms with Crippen molar-refractivity contribution in [2.75, 3.05) is 6.54 Å². The fourth-order valence-electron chi connectivity index (χ4n) is 1.31. The average molecular weight is 158 g/mol. The summed E-state index contributed by atoms with van der Waals surface area (Å²) >= 11 is 0. The van der Waals surface area contributed by atoms with Gasteiger partial charge >= 0.3 is 0 Å². The van der Waals surface area contributed by atoms with E-state index in [1.165, 1.54) is 0 Å². The van der Waals surface area contributed by atoms with Gasteiger partial charge in [0, 0.05) is 5.57 Å². The fraction of sp³-hybridized carbons (Fsp3) is 0.100. The highest BCUT2D eigenvalue weighted by atomic mass is 14.9. The Kier molecular flexibility index (Phi) is 1.67. The van der Waals surface area contributed by atoms with E-state index in [2.05, 4.69) is 4.99 Å². The van der Waals surface area contributed by atoms with Gasteiger partial charge in [0.15, 0.2) is 0 Å². The van der Waals surface area contributed by atoms with E-state index in [0.717, 1.165) is 17.7 Å². The molecule has 0 atom stereocenters. The molecule has 1 heterocycles. The average Bonchev–Trinajstić information content (AvgIpc) is 2.53. The minimum Gasteiger partial charge on any atom is -0.383 e. The topological polar surface area (TPSA) is 38.4 Å². The van der Waals surface area contributed by atoms with Gasteiger partial charge in [-0.15, -0.1) is 0 Å². The van der Waals surface area contributed by atoms with Crippen molar-refractivity contribution >= 4 is 11.4 Å². The molecular weight excluding hydrogens is 148 g/mol. The number of rotatable bonds is 1. The molecule has 0 aliphatic carbocycles. The van der Waals surface area contributed by atoms with E-state index in [-0.39, 0.29) is 0 Å². The molecule has 1 aromatic carbocycles. The molecule has 2 nitrogen and oxygen atoms in total. The first-order valence-electron chi connectivity index (χ1n) is 3.94. The van der Waals surface area contributed by atoms with Gasteiger partial charge in [0.05, 0.1) is 6.54 Å². The molecular formula is C10H10N2. The highest BCUT2D eigenvalue weighted by Gasteiger charge is 2.08. The zero-order valence-electron chi connectivity index (χ0n) is 6.70. The molecule has 2 N–H and O–H groups in total. The van der Waals surface area contributed by atoms with Crippen molar-refractivity contribution in [3.05, 3.63) is 42.0 Å². The van der Waals surface area contributed by atoms with Crippen LogP contribution in [0.4, 0.5) is 0 Å². The Hall–Kier alpha value is -1.57. The third-order valence-corrected chi connectivity index (χ3v) is 1.92.